The predicted octanol–water partition coefficient (Wildman–Crippen LogP) is 2.39. The monoisotopic (exact) mass is 457 g/mol. The summed E-state index contributed by atoms with van der Waals surface area (Å²) in [4.78, 5) is 30.8. The van der Waals surface area contributed by atoms with E-state index in [1.807, 2.05) is 6.92 Å². The van der Waals surface area contributed by atoms with Crippen LogP contribution in [0.3, 0.4) is 0 Å². The minimum absolute atomic E-state index is 0.0102. The Balaban J connectivity index is 1.94. The number of esters is 1. The summed E-state index contributed by atoms with van der Waals surface area (Å²) in [6, 6.07) is 3.17. The highest BCUT2D eigenvalue weighted by atomic mass is 32.2. The molecule has 168 valence electrons. The number of hydrogen-bond donors (Lipinski definition) is 0. The van der Waals surface area contributed by atoms with Crippen molar-refractivity contribution in [3.8, 4) is 0 Å². The van der Waals surface area contributed by atoms with Crippen LogP contribution >= 0.6 is 11.8 Å². The molecule has 8 nitrogen and oxygen atoms in total. The van der Waals surface area contributed by atoms with E-state index in [0.717, 1.165) is 0 Å². The highest BCUT2D eigenvalue weighted by Crippen LogP contribution is 2.26. The highest BCUT2D eigenvalue weighted by Gasteiger charge is 2.30. The molecule has 1 aliphatic heterocycles. The van der Waals surface area contributed by atoms with Crippen LogP contribution < -0.4 is 0 Å². The number of likely N-dealkylation sites (tertiary alicyclic amines) is 1. The Morgan fingerprint density at radius 2 is 1.87 bits per heavy atom. The fraction of sp³-hybridized carbons (Fsp3) is 0.650. The van der Waals surface area contributed by atoms with Gasteiger partial charge < -0.3 is 9.64 Å². The van der Waals surface area contributed by atoms with Crippen LogP contribution in [0, 0.1) is 5.92 Å². The zero-order valence-electron chi connectivity index (χ0n) is 18.0. The van der Waals surface area contributed by atoms with Gasteiger partial charge in [0, 0.05) is 32.4 Å². The van der Waals surface area contributed by atoms with Crippen molar-refractivity contribution in [3.63, 3.8) is 0 Å². The summed E-state index contributed by atoms with van der Waals surface area (Å²) in [5.74, 6) is -0.334. The van der Waals surface area contributed by atoms with Crippen molar-refractivity contribution in [2.45, 2.75) is 55.7 Å². The molecule has 1 unspecified atom stereocenters. The van der Waals surface area contributed by atoms with Crippen molar-refractivity contribution >= 4 is 33.7 Å². The molecule has 1 fully saturated rings. The van der Waals surface area contributed by atoms with E-state index in [1.165, 1.54) is 28.3 Å². The van der Waals surface area contributed by atoms with Crippen molar-refractivity contribution in [1.82, 2.24) is 14.2 Å². The summed E-state index contributed by atoms with van der Waals surface area (Å²) in [7, 11) is -3.55. The number of nitrogens with zero attached hydrogens (tertiary/aromatic N) is 3. The Hall–Kier alpha value is -1.65. The van der Waals surface area contributed by atoms with Crippen LogP contribution in [0.1, 0.15) is 40.5 Å². The second-order valence-corrected chi connectivity index (χ2v) is 10.3. The molecule has 0 aromatic carbocycles. The molecule has 0 spiro atoms. The third kappa shape index (κ3) is 5.95. The van der Waals surface area contributed by atoms with Gasteiger partial charge in [-0.2, -0.15) is 4.31 Å². The van der Waals surface area contributed by atoms with Crippen LogP contribution in [-0.2, 0) is 24.3 Å². The number of pyridine rings is 1. The first-order chi connectivity index (χ1) is 14.2. The number of piperidine rings is 1. The quantitative estimate of drug-likeness (QED) is 0.415. The third-order valence-electron chi connectivity index (χ3n) is 5.12. The Morgan fingerprint density at radius 1 is 1.23 bits per heavy atom. The van der Waals surface area contributed by atoms with Gasteiger partial charge in [0.25, 0.3) is 0 Å². The first kappa shape index (κ1) is 24.6. The summed E-state index contributed by atoms with van der Waals surface area (Å²) in [5, 5.41) is 0.234. The molecule has 0 aliphatic carbocycles. The molecule has 2 heterocycles. The van der Waals surface area contributed by atoms with Crippen molar-refractivity contribution < 1.29 is 22.7 Å². The topological polar surface area (TPSA) is 96.9 Å². The van der Waals surface area contributed by atoms with Gasteiger partial charge in [-0.1, -0.05) is 25.6 Å². The molecule has 30 heavy (non-hydrogen) atoms. The molecule has 1 aliphatic rings. The van der Waals surface area contributed by atoms with Gasteiger partial charge in [-0.3, -0.25) is 9.59 Å². The summed E-state index contributed by atoms with van der Waals surface area (Å²) in [5.41, 5.74) is 0. The van der Waals surface area contributed by atoms with E-state index in [-0.39, 0.29) is 27.9 Å². The van der Waals surface area contributed by atoms with Crippen LogP contribution in [0.15, 0.2) is 28.3 Å². The largest absolute Gasteiger partial charge is 0.466 e. The average Bonchev–Trinajstić information content (AvgIpc) is 2.74. The Kier molecular flexibility index (Phi) is 9.11. The number of sulfonamides is 1. The molecule has 1 saturated heterocycles. The van der Waals surface area contributed by atoms with Crippen LogP contribution in [0.4, 0.5) is 0 Å². The van der Waals surface area contributed by atoms with Gasteiger partial charge in [0.15, 0.2) is 0 Å². The molecule has 0 bridgehead atoms. The summed E-state index contributed by atoms with van der Waals surface area (Å²) in [6.07, 6.45) is 2.56. The predicted molar refractivity (Wildman–Crippen MR) is 116 cm³/mol. The maximum atomic E-state index is 12.8. The Morgan fingerprint density at radius 3 is 2.37 bits per heavy atom. The molecule has 1 amide bonds. The number of hydrogen-bond acceptors (Lipinski definition) is 7. The lowest BCUT2D eigenvalue weighted by Crippen LogP contribution is -2.43. The molecule has 2 rings (SSSR count). The maximum absolute atomic E-state index is 12.8. The number of amides is 1. The van der Waals surface area contributed by atoms with Gasteiger partial charge in [0.05, 0.1) is 22.8 Å². The minimum Gasteiger partial charge on any atom is -0.466 e. The molecule has 0 radical (unpaired) electrons. The standard InChI is InChI=1S/C20H31N3O5S2/c1-5-23(6-2)30(26,27)17-8-9-18(21-14-17)29-15(4)19(24)22-12-10-16(11-13-22)20(25)28-7-3/h8-9,14-16H,5-7,10-13H2,1-4H3. The highest BCUT2D eigenvalue weighted by molar-refractivity contribution is 8.00. The van der Waals surface area contributed by atoms with Crippen LogP contribution in [0.5, 0.6) is 0 Å². The number of thioether (sulfide) groups is 1. The third-order valence-corrected chi connectivity index (χ3v) is 8.20. The van der Waals surface area contributed by atoms with Gasteiger partial charge in [0.1, 0.15) is 4.90 Å². The lowest BCUT2D eigenvalue weighted by molar-refractivity contribution is -0.151. The Bertz CT molecular complexity index is 817. The molecule has 0 N–H and O–H groups in total. The molecule has 10 heteroatoms. The normalized spacial score (nSPS) is 16.5. The second kappa shape index (κ2) is 11.1. The second-order valence-electron chi connectivity index (χ2n) is 7.03. The van der Waals surface area contributed by atoms with E-state index in [0.29, 0.717) is 50.7 Å². The zero-order chi connectivity index (χ0) is 22.3. The van der Waals surface area contributed by atoms with Crippen LogP contribution in [0.2, 0.25) is 0 Å². The van der Waals surface area contributed by atoms with Crippen molar-refractivity contribution in [1.29, 1.82) is 0 Å². The fourth-order valence-corrected chi connectivity index (χ4v) is 5.66. The summed E-state index contributed by atoms with van der Waals surface area (Å²) in [6.45, 7) is 9.41. The maximum Gasteiger partial charge on any atom is 0.309 e. The number of aromatic nitrogens is 1. The smallest absolute Gasteiger partial charge is 0.309 e. The molecular weight excluding hydrogens is 426 g/mol. The van der Waals surface area contributed by atoms with Gasteiger partial charge in [-0.05, 0) is 38.8 Å². The lowest BCUT2D eigenvalue weighted by Gasteiger charge is -2.32. The number of ether oxygens (including phenoxy) is 1. The van der Waals surface area contributed by atoms with E-state index in [2.05, 4.69) is 4.98 Å². The first-order valence-electron chi connectivity index (χ1n) is 10.3. The van der Waals surface area contributed by atoms with Gasteiger partial charge in [-0.15, -0.1) is 0 Å². The average molecular weight is 458 g/mol. The zero-order valence-corrected chi connectivity index (χ0v) is 19.7. The first-order valence-corrected chi connectivity index (χ1v) is 12.6. The van der Waals surface area contributed by atoms with E-state index >= 15 is 0 Å². The van der Waals surface area contributed by atoms with Gasteiger partial charge in [-0.25, -0.2) is 13.4 Å². The lowest BCUT2D eigenvalue weighted by atomic mass is 9.97. The molecule has 1 aromatic heterocycles. The molecule has 0 saturated carbocycles. The molecule has 1 aromatic rings. The summed E-state index contributed by atoms with van der Waals surface area (Å²) < 4.78 is 31.5. The minimum atomic E-state index is -3.55. The fourth-order valence-electron chi connectivity index (χ4n) is 3.39. The van der Waals surface area contributed by atoms with E-state index in [4.69, 9.17) is 4.74 Å². The number of carbonyl (C=O) groups is 2. The van der Waals surface area contributed by atoms with Crippen molar-refractivity contribution in [2.75, 3.05) is 32.8 Å². The molecular formula is C20H31N3O5S2. The van der Waals surface area contributed by atoms with E-state index in [1.54, 1.807) is 31.7 Å². The SMILES string of the molecule is CCOC(=O)C1CCN(C(=O)C(C)Sc2ccc(S(=O)(=O)N(CC)CC)cn2)CC1. The van der Waals surface area contributed by atoms with E-state index < -0.39 is 10.0 Å². The Labute approximate surface area is 183 Å². The number of carbonyl (C=O) groups excluding carboxylic acids is 2. The van der Waals surface area contributed by atoms with E-state index in [9.17, 15) is 18.0 Å². The van der Waals surface area contributed by atoms with Gasteiger partial charge in [0.2, 0.25) is 15.9 Å². The number of rotatable bonds is 9. The summed E-state index contributed by atoms with van der Waals surface area (Å²) >= 11 is 1.30. The van der Waals surface area contributed by atoms with Gasteiger partial charge >= 0.3 is 5.97 Å². The van der Waals surface area contributed by atoms with Crippen LogP contribution in [-0.4, -0.2) is 72.5 Å². The van der Waals surface area contributed by atoms with Crippen molar-refractivity contribution in [2.24, 2.45) is 5.92 Å². The van der Waals surface area contributed by atoms with Crippen LogP contribution in [0.25, 0.3) is 0 Å². The van der Waals surface area contributed by atoms with Crippen molar-refractivity contribution in [3.05, 3.63) is 18.3 Å². The molecule has 1 atom stereocenters.